The molecule has 2 heterocycles. The van der Waals surface area contributed by atoms with Crippen LogP contribution in [0.25, 0.3) is 0 Å². The summed E-state index contributed by atoms with van der Waals surface area (Å²) in [4.78, 5) is 21.0. The van der Waals surface area contributed by atoms with Crippen LogP contribution in [0.2, 0.25) is 0 Å². The standard InChI is InChI=1S/C12H20N4O2S/c1-3-15-5-7-16(8-6-15)12-14-10(13)9(19-12)11(17)18-4-2/h3-8,13H2,1-2H3. The SMILES string of the molecule is CCOC(=O)c1sc(N2CCN(CC)CC2)nc1N. The number of esters is 1. The fourth-order valence-electron chi connectivity index (χ4n) is 2.05. The van der Waals surface area contributed by atoms with E-state index in [0.29, 0.717) is 11.5 Å². The van der Waals surface area contributed by atoms with Gasteiger partial charge in [-0.15, -0.1) is 0 Å². The summed E-state index contributed by atoms with van der Waals surface area (Å²) in [5.74, 6) is -0.104. The smallest absolute Gasteiger partial charge is 0.352 e. The Labute approximate surface area is 117 Å². The summed E-state index contributed by atoms with van der Waals surface area (Å²) in [7, 11) is 0. The van der Waals surface area contributed by atoms with Crippen molar-refractivity contribution in [3.8, 4) is 0 Å². The van der Waals surface area contributed by atoms with Crippen molar-refractivity contribution < 1.29 is 9.53 Å². The summed E-state index contributed by atoms with van der Waals surface area (Å²) in [6.45, 7) is 9.24. The first-order chi connectivity index (χ1) is 9.15. The highest BCUT2D eigenvalue weighted by atomic mass is 32.1. The van der Waals surface area contributed by atoms with Crippen LogP contribution >= 0.6 is 11.3 Å². The summed E-state index contributed by atoms with van der Waals surface area (Å²) in [6.07, 6.45) is 0. The minimum absolute atomic E-state index is 0.274. The number of anilines is 2. The van der Waals surface area contributed by atoms with Crippen molar-refractivity contribution in [2.75, 3.05) is 50.0 Å². The Morgan fingerprint density at radius 1 is 1.37 bits per heavy atom. The van der Waals surface area contributed by atoms with Crippen LogP contribution in [-0.4, -0.2) is 55.2 Å². The van der Waals surface area contributed by atoms with E-state index in [-0.39, 0.29) is 11.8 Å². The molecule has 106 valence electrons. The van der Waals surface area contributed by atoms with Crippen LogP contribution in [0, 0.1) is 0 Å². The van der Waals surface area contributed by atoms with Gasteiger partial charge in [-0.2, -0.15) is 0 Å². The lowest BCUT2D eigenvalue weighted by atomic mass is 10.3. The zero-order valence-corrected chi connectivity index (χ0v) is 12.2. The first-order valence-corrected chi connectivity index (χ1v) is 7.38. The van der Waals surface area contributed by atoms with Crippen molar-refractivity contribution in [3.63, 3.8) is 0 Å². The number of carbonyl (C=O) groups is 1. The van der Waals surface area contributed by atoms with E-state index >= 15 is 0 Å². The molecule has 2 rings (SSSR count). The predicted octanol–water partition coefficient (Wildman–Crippen LogP) is 1.04. The van der Waals surface area contributed by atoms with Gasteiger partial charge in [-0.25, -0.2) is 9.78 Å². The molecule has 0 amide bonds. The zero-order chi connectivity index (χ0) is 13.8. The van der Waals surface area contributed by atoms with Crippen molar-refractivity contribution in [2.24, 2.45) is 0 Å². The molecule has 7 heteroatoms. The van der Waals surface area contributed by atoms with Crippen LogP contribution in [-0.2, 0) is 4.74 Å². The second-order valence-electron chi connectivity index (χ2n) is 4.35. The van der Waals surface area contributed by atoms with Gasteiger partial charge >= 0.3 is 5.97 Å². The molecule has 0 unspecified atom stereocenters. The highest BCUT2D eigenvalue weighted by Crippen LogP contribution is 2.29. The van der Waals surface area contributed by atoms with Gasteiger partial charge in [0.05, 0.1) is 6.61 Å². The van der Waals surface area contributed by atoms with Gasteiger partial charge in [0.25, 0.3) is 0 Å². The second-order valence-corrected chi connectivity index (χ2v) is 5.33. The number of ether oxygens (including phenoxy) is 1. The number of hydrogen-bond acceptors (Lipinski definition) is 7. The largest absolute Gasteiger partial charge is 0.462 e. The molecular weight excluding hydrogens is 264 g/mol. The fraction of sp³-hybridized carbons (Fsp3) is 0.667. The third-order valence-corrected chi connectivity index (χ3v) is 4.30. The number of piperazine rings is 1. The lowest BCUT2D eigenvalue weighted by Crippen LogP contribution is -2.46. The summed E-state index contributed by atoms with van der Waals surface area (Å²) in [5, 5.41) is 0.816. The third kappa shape index (κ3) is 3.16. The van der Waals surface area contributed by atoms with E-state index in [0.717, 1.165) is 37.9 Å². The quantitative estimate of drug-likeness (QED) is 0.833. The molecule has 19 heavy (non-hydrogen) atoms. The van der Waals surface area contributed by atoms with Crippen molar-refractivity contribution in [2.45, 2.75) is 13.8 Å². The van der Waals surface area contributed by atoms with Gasteiger partial charge in [-0.3, -0.25) is 0 Å². The lowest BCUT2D eigenvalue weighted by molar-refractivity contribution is 0.0533. The first kappa shape index (κ1) is 14.1. The molecule has 0 aliphatic carbocycles. The maximum Gasteiger partial charge on any atom is 0.352 e. The number of rotatable bonds is 4. The Balaban J connectivity index is 2.06. The molecular formula is C12H20N4O2S. The molecule has 1 saturated heterocycles. The number of nitrogens with zero attached hydrogens (tertiary/aromatic N) is 3. The molecule has 1 aromatic heterocycles. The highest BCUT2D eigenvalue weighted by molar-refractivity contribution is 7.18. The maximum absolute atomic E-state index is 11.7. The van der Waals surface area contributed by atoms with E-state index in [9.17, 15) is 4.79 Å². The number of nitrogens with two attached hydrogens (primary N) is 1. The number of hydrogen-bond donors (Lipinski definition) is 1. The second kappa shape index (κ2) is 6.21. The van der Waals surface area contributed by atoms with Gasteiger partial charge in [0, 0.05) is 26.2 Å². The minimum Gasteiger partial charge on any atom is -0.462 e. The van der Waals surface area contributed by atoms with Gasteiger partial charge in [0.2, 0.25) is 0 Å². The van der Waals surface area contributed by atoms with Crippen LogP contribution in [0.1, 0.15) is 23.5 Å². The molecule has 0 spiro atoms. The van der Waals surface area contributed by atoms with Crippen molar-refractivity contribution in [1.29, 1.82) is 0 Å². The molecule has 0 bridgehead atoms. The number of nitrogen functional groups attached to an aromatic ring is 1. The van der Waals surface area contributed by atoms with E-state index in [1.807, 2.05) is 0 Å². The van der Waals surface area contributed by atoms with Crippen LogP contribution in [0.4, 0.5) is 10.9 Å². The number of carbonyl (C=O) groups excluding carboxylic acids is 1. The molecule has 0 atom stereocenters. The Bertz CT molecular complexity index is 441. The molecule has 6 nitrogen and oxygen atoms in total. The summed E-state index contributed by atoms with van der Waals surface area (Å²) in [6, 6.07) is 0. The van der Waals surface area contributed by atoms with E-state index in [4.69, 9.17) is 10.5 Å². The van der Waals surface area contributed by atoms with E-state index < -0.39 is 0 Å². The zero-order valence-electron chi connectivity index (χ0n) is 11.4. The number of aromatic nitrogens is 1. The average Bonchev–Trinajstić information content (AvgIpc) is 2.81. The Morgan fingerprint density at radius 3 is 2.63 bits per heavy atom. The average molecular weight is 284 g/mol. The predicted molar refractivity (Wildman–Crippen MR) is 76.8 cm³/mol. The van der Waals surface area contributed by atoms with E-state index in [2.05, 4.69) is 21.7 Å². The molecule has 0 radical (unpaired) electrons. The topological polar surface area (TPSA) is 71.7 Å². The van der Waals surface area contributed by atoms with E-state index in [1.54, 1.807) is 6.92 Å². The van der Waals surface area contributed by atoms with Crippen LogP contribution in [0.5, 0.6) is 0 Å². The lowest BCUT2D eigenvalue weighted by Gasteiger charge is -2.33. The molecule has 0 aromatic carbocycles. The van der Waals surface area contributed by atoms with Crippen LogP contribution < -0.4 is 10.6 Å². The maximum atomic E-state index is 11.7. The van der Waals surface area contributed by atoms with Gasteiger partial charge in [-0.05, 0) is 13.5 Å². The Hall–Kier alpha value is -1.34. The Kier molecular flexibility index (Phi) is 4.60. The van der Waals surface area contributed by atoms with Gasteiger partial charge in [-0.1, -0.05) is 18.3 Å². The summed E-state index contributed by atoms with van der Waals surface area (Å²) < 4.78 is 4.97. The number of likely N-dealkylation sites (N-methyl/N-ethyl adjacent to an activating group) is 1. The molecule has 1 aliphatic rings. The monoisotopic (exact) mass is 284 g/mol. The van der Waals surface area contributed by atoms with Gasteiger partial charge in [0.15, 0.2) is 15.8 Å². The number of thiazole rings is 1. The molecule has 1 fully saturated rings. The van der Waals surface area contributed by atoms with Crippen molar-refractivity contribution >= 4 is 28.3 Å². The summed E-state index contributed by atoms with van der Waals surface area (Å²) >= 11 is 1.32. The van der Waals surface area contributed by atoms with Gasteiger partial charge in [0.1, 0.15) is 0 Å². The molecule has 2 N–H and O–H groups in total. The minimum atomic E-state index is -0.379. The van der Waals surface area contributed by atoms with Crippen molar-refractivity contribution in [3.05, 3.63) is 4.88 Å². The normalized spacial score (nSPS) is 16.6. The van der Waals surface area contributed by atoms with Gasteiger partial charge < -0.3 is 20.3 Å². The molecule has 0 saturated carbocycles. The molecule has 1 aromatic rings. The highest BCUT2D eigenvalue weighted by Gasteiger charge is 2.23. The summed E-state index contributed by atoms with van der Waals surface area (Å²) in [5.41, 5.74) is 5.79. The van der Waals surface area contributed by atoms with Crippen LogP contribution in [0.3, 0.4) is 0 Å². The third-order valence-electron chi connectivity index (χ3n) is 3.19. The fourth-order valence-corrected chi connectivity index (χ4v) is 2.98. The Morgan fingerprint density at radius 2 is 2.05 bits per heavy atom. The first-order valence-electron chi connectivity index (χ1n) is 6.56. The van der Waals surface area contributed by atoms with E-state index in [1.165, 1.54) is 11.3 Å². The van der Waals surface area contributed by atoms with Crippen molar-refractivity contribution in [1.82, 2.24) is 9.88 Å². The van der Waals surface area contributed by atoms with Crippen LogP contribution in [0.15, 0.2) is 0 Å². The molecule has 1 aliphatic heterocycles.